The second kappa shape index (κ2) is 11.4. The highest BCUT2D eigenvalue weighted by Crippen LogP contribution is 2.39. The number of aromatic nitrogens is 1. The lowest BCUT2D eigenvalue weighted by molar-refractivity contribution is 0.122. The number of ether oxygens (including phenoxy) is 2. The molecule has 2 aromatic carbocycles. The maximum Gasteiger partial charge on any atom is 0.149 e. The predicted octanol–water partition coefficient (Wildman–Crippen LogP) is 5.02. The van der Waals surface area contributed by atoms with E-state index in [2.05, 4.69) is 87.4 Å². The van der Waals surface area contributed by atoms with Gasteiger partial charge in [0.15, 0.2) is 0 Å². The normalized spacial score (nSPS) is 22.2. The third-order valence-corrected chi connectivity index (χ3v) is 7.64. The first-order valence-electron chi connectivity index (χ1n) is 13.6. The first-order chi connectivity index (χ1) is 18.8. The zero-order valence-corrected chi connectivity index (χ0v) is 21.9. The van der Waals surface area contributed by atoms with Crippen molar-refractivity contribution in [3.05, 3.63) is 90.1 Å². The molecule has 2 saturated heterocycles. The SMILES string of the molecule is CC1C(C=Cc2ccc(N3CCOCC3)cc2)=NN(c2ccccn2)C1c1ccc(N2CCOCC2)cc1. The molecule has 38 heavy (non-hydrogen) atoms. The molecular formula is C31H35N5O2. The van der Waals surface area contributed by atoms with Crippen molar-refractivity contribution >= 4 is 29.0 Å². The molecule has 2 unspecified atom stereocenters. The van der Waals surface area contributed by atoms with Gasteiger partial charge in [-0.1, -0.05) is 43.3 Å². The number of hydrogen-bond donors (Lipinski definition) is 0. The Morgan fingerprint density at radius 3 is 1.92 bits per heavy atom. The number of anilines is 3. The van der Waals surface area contributed by atoms with Gasteiger partial charge in [-0.25, -0.2) is 9.99 Å². The minimum atomic E-state index is 0.0759. The fraction of sp³-hybridized carbons (Fsp3) is 0.355. The Bertz CT molecular complexity index is 1250. The van der Waals surface area contributed by atoms with E-state index in [0.29, 0.717) is 0 Å². The van der Waals surface area contributed by atoms with Crippen LogP contribution in [0.4, 0.5) is 17.2 Å². The van der Waals surface area contributed by atoms with Crippen molar-refractivity contribution in [2.75, 3.05) is 67.4 Å². The molecule has 196 valence electrons. The fourth-order valence-electron chi connectivity index (χ4n) is 5.45. The first kappa shape index (κ1) is 24.6. The lowest BCUT2D eigenvalue weighted by Gasteiger charge is -2.30. The number of benzene rings is 2. The number of allylic oxidation sites excluding steroid dienone is 1. The van der Waals surface area contributed by atoms with E-state index in [1.807, 2.05) is 24.4 Å². The summed E-state index contributed by atoms with van der Waals surface area (Å²) in [5, 5.41) is 7.15. The molecule has 7 heteroatoms. The Labute approximate surface area is 225 Å². The lowest BCUT2D eigenvalue weighted by atomic mass is 9.91. The first-order valence-corrected chi connectivity index (χ1v) is 13.6. The maximum absolute atomic E-state index is 5.52. The van der Waals surface area contributed by atoms with Gasteiger partial charge in [0.2, 0.25) is 0 Å². The Morgan fingerprint density at radius 2 is 1.34 bits per heavy atom. The van der Waals surface area contributed by atoms with Crippen LogP contribution in [0.15, 0.2) is 84.1 Å². The number of morpholine rings is 2. The van der Waals surface area contributed by atoms with Crippen LogP contribution in [0.3, 0.4) is 0 Å². The second-order valence-corrected chi connectivity index (χ2v) is 10.0. The second-order valence-electron chi connectivity index (χ2n) is 10.0. The van der Waals surface area contributed by atoms with Crippen molar-refractivity contribution in [3.63, 3.8) is 0 Å². The molecule has 0 N–H and O–H groups in total. The summed E-state index contributed by atoms with van der Waals surface area (Å²) >= 11 is 0. The van der Waals surface area contributed by atoms with E-state index in [0.717, 1.165) is 64.1 Å². The number of rotatable bonds is 6. The highest BCUT2D eigenvalue weighted by molar-refractivity contribution is 6.02. The molecule has 2 fully saturated rings. The van der Waals surface area contributed by atoms with E-state index in [9.17, 15) is 0 Å². The standard InChI is InChI=1S/C31H35N5O2/c1-24-29(14-7-25-5-10-27(11-6-25)34-16-20-37-21-17-34)33-36(30-4-2-3-15-32-30)31(24)26-8-12-28(13-9-26)35-18-22-38-23-19-35/h2-15,24,31H,16-23H2,1H3. The topological polar surface area (TPSA) is 53.4 Å². The molecule has 1 aromatic heterocycles. The monoisotopic (exact) mass is 509 g/mol. The van der Waals surface area contributed by atoms with Crippen LogP contribution in [0, 0.1) is 5.92 Å². The van der Waals surface area contributed by atoms with Gasteiger partial charge in [0.25, 0.3) is 0 Å². The van der Waals surface area contributed by atoms with Gasteiger partial charge >= 0.3 is 0 Å². The quantitative estimate of drug-likeness (QED) is 0.465. The van der Waals surface area contributed by atoms with Crippen LogP contribution in [0.5, 0.6) is 0 Å². The van der Waals surface area contributed by atoms with Crippen molar-refractivity contribution in [3.8, 4) is 0 Å². The van der Waals surface area contributed by atoms with Gasteiger partial charge in [-0.05, 0) is 53.6 Å². The zero-order valence-electron chi connectivity index (χ0n) is 21.9. The third-order valence-electron chi connectivity index (χ3n) is 7.64. The molecule has 0 spiro atoms. The van der Waals surface area contributed by atoms with Crippen molar-refractivity contribution in [2.24, 2.45) is 11.0 Å². The molecule has 0 radical (unpaired) electrons. The molecule has 0 saturated carbocycles. The van der Waals surface area contributed by atoms with Gasteiger partial charge in [-0.2, -0.15) is 5.10 Å². The number of nitrogens with zero attached hydrogens (tertiary/aromatic N) is 5. The van der Waals surface area contributed by atoms with Crippen molar-refractivity contribution in [2.45, 2.75) is 13.0 Å². The van der Waals surface area contributed by atoms with E-state index in [-0.39, 0.29) is 12.0 Å². The Kier molecular flexibility index (Phi) is 7.38. The van der Waals surface area contributed by atoms with Gasteiger partial charge in [0.1, 0.15) is 5.82 Å². The van der Waals surface area contributed by atoms with Crippen LogP contribution < -0.4 is 14.8 Å². The van der Waals surface area contributed by atoms with Gasteiger partial charge in [-0.3, -0.25) is 0 Å². The van der Waals surface area contributed by atoms with Gasteiger partial charge in [0, 0.05) is 49.7 Å². The Balaban J connectivity index is 1.22. The van der Waals surface area contributed by atoms with Crippen LogP contribution in [0.1, 0.15) is 24.1 Å². The van der Waals surface area contributed by atoms with Crippen LogP contribution in [-0.4, -0.2) is 63.3 Å². The number of hydrazone groups is 1. The molecule has 2 atom stereocenters. The van der Waals surface area contributed by atoms with Crippen molar-refractivity contribution in [1.29, 1.82) is 0 Å². The van der Waals surface area contributed by atoms with Crippen molar-refractivity contribution < 1.29 is 9.47 Å². The van der Waals surface area contributed by atoms with Crippen molar-refractivity contribution in [1.82, 2.24) is 4.98 Å². The molecule has 0 amide bonds. The molecular weight excluding hydrogens is 474 g/mol. The summed E-state index contributed by atoms with van der Waals surface area (Å²) in [4.78, 5) is 9.39. The van der Waals surface area contributed by atoms with E-state index in [1.54, 1.807) is 0 Å². The molecule has 0 aliphatic carbocycles. The van der Waals surface area contributed by atoms with E-state index in [4.69, 9.17) is 14.6 Å². The van der Waals surface area contributed by atoms with Crippen LogP contribution >= 0.6 is 0 Å². The summed E-state index contributed by atoms with van der Waals surface area (Å²) < 4.78 is 11.0. The number of pyridine rings is 1. The zero-order chi connectivity index (χ0) is 25.7. The van der Waals surface area contributed by atoms with Gasteiger partial charge in [-0.15, -0.1) is 0 Å². The Hall–Kier alpha value is -3.68. The molecule has 0 bridgehead atoms. The largest absolute Gasteiger partial charge is 0.378 e. The maximum atomic E-state index is 5.52. The lowest BCUT2D eigenvalue weighted by Crippen LogP contribution is -2.36. The molecule has 3 aromatic rings. The smallest absolute Gasteiger partial charge is 0.149 e. The molecule has 3 aliphatic heterocycles. The summed E-state index contributed by atoms with van der Waals surface area (Å²) in [7, 11) is 0. The summed E-state index contributed by atoms with van der Waals surface area (Å²) in [5.41, 5.74) is 5.95. The van der Waals surface area contributed by atoms with E-state index in [1.165, 1.54) is 22.5 Å². The van der Waals surface area contributed by atoms with Crippen LogP contribution in [0.25, 0.3) is 6.08 Å². The summed E-state index contributed by atoms with van der Waals surface area (Å²) in [5.74, 6) is 1.06. The highest BCUT2D eigenvalue weighted by atomic mass is 16.5. The third kappa shape index (κ3) is 5.30. The molecule has 6 rings (SSSR count). The molecule has 7 nitrogen and oxygen atoms in total. The average Bonchev–Trinajstić information content (AvgIpc) is 3.33. The molecule has 4 heterocycles. The Morgan fingerprint density at radius 1 is 0.737 bits per heavy atom. The van der Waals surface area contributed by atoms with Crippen LogP contribution in [0.2, 0.25) is 0 Å². The number of hydrogen-bond acceptors (Lipinski definition) is 7. The van der Waals surface area contributed by atoms with E-state index >= 15 is 0 Å². The van der Waals surface area contributed by atoms with Gasteiger partial charge in [0.05, 0.1) is 38.2 Å². The fourth-order valence-corrected chi connectivity index (χ4v) is 5.45. The highest BCUT2D eigenvalue weighted by Gasteiger charge is 2.35. The average molecular weight is 510 g/mol. The molecule has 3 aliphatic rings. The summed E-state index contributed by atoms with van der Waals surface area (Å²) in [6, 6.07) is 23.8. The minimum Gasteiger partial charge on any atom is -0.378 e. The summed E-state index contributed by atoms with van der Waals surface area (Å²) in [6.45, 7) is 9.18. The van der Waals surface area contributed by atoms with E-state index < -0.39 is 0 Å². The van der Waals surface area contributed by atoms with Crippen LogP contribution in [-0.2, 0) is 9.47 Å². The van der Waals surface area contributed by atoms with Gasteiger partial charge < -0.3 is 19.3 Å². The summed E-state index contributed by atoms with van der Waals surface area (Å²) in [6.07, 6.45) is 6.16. The predicted molar refractivity (Wildman–Crippen MR) is 154 cm³/mol. The minimum absolute atomic E-state index is 0.0759.